The van der Waals surface area contributed by atoms with Crippen LogP contribution in [0.1, 0.15) is 48.3 Å². The van der Waals surface area contributed by atoms with E-state index in [-0.39, 0.29) is 6.04 Å². The first-order chi connectivity index (χ1) is 12.9. The fourth-order valence-electron chi connectivity index (χ4n) is 4.07. The summed E-state index contributed by atoms with van der Waals surface area (Å²) >= 11 is 0. The van der Waals surface area contributed by atoms with Crippen LogP contribution in [0.15, 0.2) is 24.3 Å². The van der Waals surface area contributed by atoms with Gasteiger partial charge < -0.3 is 10.6 Å². The molecule has 2 atom stereocenters. The number of anilines is 1. The number of benzene rings is 1. The number of rotatable bonds is 5. The third-order valence-electron chi connectivity index (χ3n) is 5.52. The van der Waals surface area contributed by atoms with Gasteiger partial charge in [0.1, 0.15) is 6.17 Å². The predicted molar refractivity (Wildman–Crippen MR) is 103 cm³/mol. The van der Waals surface area contributed by atoms with Crippen LogP contribution in [0.4, 0.5) is 10.3 Å². The Morgan fingerprint density at radius 1 is 1.26 bits per heavy atom. The van der Waals surface area contributed by atoms with E-state index in [2.05, 4.69) is 13.8 Å². The minimum atomic E-state index is -0.817. The zero-order chi connectivity index (χ0) is 19.1. The summed E-state index contributed by atoms with van der Waals surface area (Å²) in [6.45, 7) is 4.58. The number of nitrogens with two attached hydrogens (primary N) is 1. The molecule has 1 aliphatic carbocycles. The van der Waals surface area contributed by atoms with Crippen LogP contribution in [0.2, 0.25) is 0 Å². The van der Waals surface area contributed by atoms with E-state index in [9.17, 15) is 9.18 Å². The molecule has 2 aliphatic rings. The van der Waals surface area contributed by atoms with E-state index in [1.165, 1.54) is 5.56 Å². The average molecular weight is 368 g/mol. The Morgan fingerprint density at radius 3 is 2.63 bits per heavy atom. The Morgan fingerprint density at radius 2 is 2.00 bits per heavy atom. The monoisotopic (exact) mass is 368 g/mol. The summed E-state index contributed by atoms with van der Waals surface area (Å²) in [4.78, 5) is 22.9. The lowest BCUT2D eigenvalue weighted by atomic mass is 9.92. The molecule has 1 fully saturated rings. The van der Waals surface area contributed by atoms with Gasteiger partial charge >= 0.3 is 0 Å². The number of fused-ring (bicyclic) bond motifs is 1. The van der Waals surface area contributed by atoms with Crippen molar-refractivity contribution in [2.75, 3.05) is 11.4 Å². The lowest BCUT2D eigenvalue weighted by Gasteiger charge is -2.45. The number of primary amides is 1. The Labute approximate surface area is 158 Å². The molecule has 2 heterocycles. The zero-order valence-electron chi connectivity index (χ0n) is 15.8. The van der Waals surface area contributed by atoms with Crippen molar-refractivity contribution >= 4 is 11.9 Å². The first-order valence-electron chi connectivity index (χ1n) is 9.64. The Bertz CT molecular complexity index is 865. The minimum absolute atomic E-state index is 0.144. The van der Waals surface area contributed by atoms with Crippen molar-refractivity contribution < 1.29 is 9.18 Å². The second kappa shape index (κ2) is 6.91. The molecule has 6 heteroatoms. The molecule has 2 N–H and O–H groups in total. The fraction of sp³-hybridized carbons (Fsp3) is 0.476. The smallest absolute Gasteiger partial charge is 0.248 e. The van der Waals surface area contributed by atoms with Crippen LogP contribution in [-0.4, -0.2) is 34.6 Å². The van der Waals surface area contributed by atoms with Crippen LogP contribution in [0, 0.1) is 5.92 Å². The summed E-state index contributed by atoms with van der Waals surface area (Å²) in [5, 5.41) is 0. The van der Waals surface area contributed by atoms with Gasteiger partial charge in [0.05, 0.1) is 18.3 Å². The van der Waals surface area contributed by atoms with Crippen LogP contribution in [-0.2, 0) is 12.8 Å². The third kappa shape index (κ3) is 3.29. The van der Waals surface area contributed by atoms with Crippen LogP contribution >= 0.6 is 0 Å². The standard InChI is InChI=1S/C21H25FN4O/c1-12(2)10-18-16(22)11-26(18)21-24-17-5-3-4-15(17)19(25-21)13-6-8-14(9-7-13)20(23)27/h6-9,12,16,18H,3-5,10-11H2,1-2H3,(H2,23,27)/t16?,18-/m0/s1. The second-order valence-corrected chi connectivity index (χ2v) is 7.96. The average Bonchev–Trinajstić information content (AvgIpc) is 3.12. The number of aryl methyl sites for hydroxylation is 1. The number of nitrogens with zero attached hydrogens (tertiary/aromatic N) is 3. The van der Waals surface area contributed by atoms with E-state index in [0.717, 1.165) is 42.6 Å². The number of aromatic nitrogens is 2. The van der Waals surface area contributed by atoms with Crippen molar-refractivity contribution in [3.05, 3.63) is 41.1 Å². The molecule has 2 aromatic rings. The maximum absolute atomic E-state index is 14.2. The number of carbonyl (C=O) groups excluding carboxylic acids is 1. The van der Waals surface area contributed by atoms with Crippen LogP contribution in [0.5, 0.6) is 0 Å². The maximum Gasteiger partial charge on any atom is 0.248 e. The first kappa shape index (κ1) is 17.9. The van der Waals surface area contributed by atoms with Gasteiger partial charge in [-0.1, -0.05) is 26.0 Å². The molecule has 27 heavy (non-hydrogen) atoms. The van der Waals surface area contributed by atoms with Crippen molar-refractivity contribution in [1.29, 1.82) is 0 Å². The van der Waals surface area contributed by atoms with Crippen molar-refractivity contribution in [3.63, 3.8) is 0 Å². The number of hydrogen-bond acceptors (Lipinski definition) is 4. The van der Waals surface area contributed by atoms with Crippen molar-refractivity contribution in [3.8, 4) is 11.3 Å². The van der Waals surface area contributed by atoms with Gasteiger partial charge in [-0.25, -0.2) is 14.4 Å². The number of carbonyl (C=O) groups is 1. The predicted octanol–water partition coefficient (Wildman–Crippen LogP) is 3.30. The van der Waals surface area contributed by atoms with E-state index in [1.807, 2.05) is 17.0 Å². The van der Waals surface area contributed by atoms with Gasteiger partial charge in [0.15, 0.2) is 0 Å². The normalized spacial score (nSPS) is 21.3. The molecule has 1 aliphatic heterocycles. The van der Waals surface area contributed by atoms with E-state index in [1.54, 1.807) is 12.1 Å². The molecule has 1 amide bonds. The lowest BCUT2D eigenvalue weighted by Crippen LogP contribution is -2.59. The van der Waals surface area contributed by atoms with Crippen LogP contribution in [0.3, 0.4) is 0 Å². The molecule has 1 aromatic carbocycles. The topological polar surface area (TPSA) is 72.1 Å². The van der Waals surface area contributed by atoms with Gasteiger partial charge in [-0.3, -0.25) is 4.79 Å². The number of halogens is 1. The third-order valence-corrected chi connectivity index (χ3v) is 5.52. The summed E-state index contributed by atoms with van der Waals surface area (Å²) in [5.74, 6) is 0.608. The molecule has 0 spiro atoms. The lowest BCUT2D eigenvalue weighted by molar-refractivity contribution is 0.100. The largest absolute Gasteiger partial charge is 0.366 e. The summed E-state index contributed by atoms with van der Waals surface area (Å²) < 4.78 is 14.2. The van der Waals surface area contributed by atoms with E-state index in [0.29, 0.717) is 24.0 Å². The Hall–Kier alpha value is -2.50. The summed E-state index contributed by atoms with van der Waals surface area (Å²) in [7, 11) is 0. The molecule has 1 aromatic heterocycles. The second-order valence-electron chi connectivity index (χ2n) is 7.96. The summed E-state index contributed by atoms with van der Waals surface area (Å²) in [5.41, 5.74) is 9.90. The molecule has 0 radical (unpaired) electrons. The van der Waals surface area contributed by atoms with Gasteiger partial charge in [-0.15, -0.1) is 0 Å². The van der Waals surface area contributed by atoms with Crippen molar-refractivity contribution in [1.82, 2.24) is 9.97 Å². The van der Waals surface area contributed by atoms with Gasteiger partial charge in [0, 0.05) is 22.4 Å². The Kier molecular flexibility index (Phi) is 4.58. The molecular weight excluding hydrogens is 343 g/mol. The van der Waals surface area contributed by atoms with E-state index < -0.39 is 12.1 Å². The van der Waals surface area contributed by atoms with Gasteiger partial charge in [0.25, 0.3) is 0 Å². The van der Waals surface area contributed by atoms with Gasteiger partial charge in [-0.2, -0.15) is 0 Å². The number of alkyl halides is 1. The van der Waals surface area contributed by atoms with E-state index >= 15 is 0 Å². The minimum Gasteiger partial charge on any atom is -0.366 e. The van der Waals surface area contributed by atoms with Crippen molar-refractivity contribution in [2.24, 2.45) is 11.7 Å². The highest BCUT2D eigenvalue weighted by Gasteiger charge is 2.41. The van der Waals surface area contributed by atoms with Crippen LogP contribution < -0.4 is 10.6 Å². The Balaban J connectivity index is 1.71. The molecule has 0 saturated carbocycles. The number of amides is 1. The molecule has 0 bridgehead atoms. The quantitative estimate of drug-likeness (QED) is 0.879. The molecule has 1 saturated heterocycles. The first-order valence-corrected chi connectivity index (χ1v) is 9.64. The molecule has 5 nitrogen and oxygen atoms in total. The van der Waals surface area contributed by atoms with Gasteiger partial charge in [-0.05, 0) is 43.7 Å². The van der Waals surface area contributed by atoms with Crippen LogP contribution in [0.25, 0.3) is 11.3 Å². The summed E-state index contributed by atoms with van der Waals surface area (Å²) in [6, 6.07) is 7.07. The molecule has 142 valence electrons. The maximum atomic E-state index is 14.2. The molecule has 1 unspecified atom stereocenters. The van der Waals surface area contributed by atoms with E-state index in [4.69, 9.17) is 15.7 Å². The number of hydrogen-bond donors (Lipinski definition) is 1. The fourth-order valence-corrected chi connectivity index (χ4v) is 4.07. The highest BCUT2D eigenvalue weighted by Crippen LogP contribution is 2.36. The van der Waals surface area contributed by atoms with Crippen molar-refractivity contribution in [2.45, 2.75) is 51.7 Å². The SMILES string of the molecule is CC(C)C[C@H]1C(F)CN1c1nc2c(c(-c3ccc(C(N)=O)cc3)n1)CCC2. The highest BCUT2D eigenvalue weighted by molar-refractivity contribution is 5.93. The summed E-state index contributed by atoms with van der Waals surface area (Å²) in [6.07, 6.45) is 2.91. The molecule has 4 rings (SSSR count). The zero-order valence-corrected chi connectivity index (χ0v) is 15.8. The highest BCUT2D eigenvalue weighted by atomic mass is 19.1. The molecular formula is C21H25FN4O. The van der Waals surface area contributed by atoms with Gasteiger partial charge in [0.2, 0.25) is 11.9 Å².